The Morgan fingerprint density at radius 2 is 1.96 bits per heavy atom. The van der Waals surface area contributed by atoms with E-state index in [2.05, 4.69) is 4.72 Å². The smallest absolute Gasteiger partial charge is 0.414 e. The first-order valence-corrected chi connectivity index (χ1v) is 9.65. The zero-order valence-electron chi connectivity index (χ0n) is 14.3. The number of amides is 1. The van der Waals surface area contributed by atoms with E-state index in [-0.39, 0.29) is 11.4 Å². The molecule has 2 aromatic carbocycles. The Morgan fingerprint density at radius 1 is 1.19 bits per heavy atom. The van der Waals surface area contributed by atoms with Gasteiger partial charge in [0.25, 0.3) is 0 Å². The third-order valence-corrected chi connectivity index (χ3v) is 5.54. The monoisotopic (exact) mass is 376 g/mol. The maximum absolute atomic E-state index is 12.4. The molecule has 1 heterocycles. The number of sulfonamides is 1. The van der Waals surface area contributed by atoms with Crippen LogP contribution in [0.2, 0.25) is 0 Å². The fourth-order valence-corrected chi connectivity index (χ4v) is 3.71. The van der Waals surface area contributed by atoms with Crippen molar-refractivity contribution in [3.05, 3.63) is 54.1 Å². The van der Waals surface area contributed by atoms with Gasteiger partial charge >= 0.3 is 6.09 Å². The summed E-state index contributed by atoms with van der Waals surface area (Å²) in [5.41, 5.74) is 1.60. The van der Waals surface area contributed by atoms with E-state index in [1.54, 1.807) is 19.2 Å². The van der Waals surface area contributed by atoms with Crippen LogP contribution in [0.15, 0.2) is 53.4 Å². The molecule has 26 heavy (non-hydrogen) atoms. The molecule has 1 saturated heterocycles. The van der Waals surface area contributed by atoms with Crippen molar-refractivity contribution < 1.29 is 22.7 Å². The Balaban J connectivity index is 1.61. The lowest BCUT2D eigenvalue weighted by atomic mass is 10.1. The molecular formula is C18H20N2O5S. The van der Waals surface area contributed by atoms with Gasteiger partial charge in [0.05, 0.1) is 18.6 Å². The summed E-state index contributed by atoms with van der Waals surface area (Å²) in [4.78, 5) is 13.2. The second-order valence-electron chi connectivity index (χ2n) is 5.76. The van der Waals surface area contributed by atoms with Crippen molar-refractivity contribution in [2.24, 2.45) is 0 Å². The molecule has 0 saturated carbocycles. The van der Waals surface area contributed by atoms with Crippen LogP contribution in [-0.4, -0.2) is 41.3 Å². The lowest BCUT2D eigenvalue weighted by Gasteiger charge is -2.13. The largest absolute Gasteiger partial charge is 0.497 e. The van der Waals surface area contributed by atoms with E-state index in [0.717, 1.165) is 11.3 Å². The van der Waals surface area contributed by atoms with Crippen LogP contribution in [0.3, 0.4) is 0 Å². The first-order chi connectivity index (χ1) is 12.5. The number of nitrogens with zero attached hydrogens (tertiary/aromatic N) is 1. The minimum Gasteiger partial charge on any atom is -0.497 e. The Hall–Kier alpha value is -2.58. The van der Waals surface area contributed by atoms with Crippen LogP contribution in [0.25, 0.3) is 0 Å². The third kappa shape index (κ3) is 4.14. The molecule has 0 aromatic heterocycles. The highest BCUT2D eigenvalue weighted by Gasteiger charge is 2.24. The standard InChI is InChI=1S/C18H20N2O5S/c1-24-16-4-2-3-14(13-16)9-10-19-26(22,23)17-7-5-15(6-8-17)20-11-12-25-18(20)21/h2-8,13,19H,9-12H2,1H3. The van der Waals surface area contributed by atoms with Gasteiger partial charge in [-0.1, -0.05) is 12.1 Å². The number of carbonyl (C=O) groups is 1. The minimum atomic E-state index is -3.62. The molecule has 0 aliphatic carbocycles. The van der Waals surface area contributed by atoms with Gasteiger partial charge in [-0.05, 0) is 48.4 Å². The molecule has 0 unspecified atom stereocenters. The third-order valence-electron chi connectivity index (χ3n) is 4.06. The molecule has 1 N–H and O–H groups in total. The van der Waals surface area contributed by atoms with Crippen LogP contribution >= 0.6 is 0 Å². The van der Waals surface area contributed by atoms with Gasteiger partial charge < -0.3 is 9.47 Å². The van der Waals surface area contributed by atoms with Crippen LogP contribution in [-0.2, 0) is 21.2 Å². The summed E-state index contributed by atoms with van der Waals surface area (Å²) in [6.07, 6.45) is 0.130. The second-order valence-corrected chi connectivity index (χ2v) is 7.53. The Labute approximate surface area is 152 Å². The molecule has 0 atom stereocenters. The van der Waals surface area contributed by atoms with Crippen molar-refractivity contribution in [3.63, 3.8) is 0 Å². The summed E-state index contributed by atoms with van der Waals surface area (Å²) in [6.45, 7) is 1.07. The lowest BCUT2D eigenvalue weighted by Crippen LogP contribution is -2.26. The Morgan fingerprint density at radius 3 is 2.62 bits per heavy atom. The molecule has 0 bridgehead atoms. The fourth-order valence-electron chi connectivity index (χ4n) is 2.67. The molecule has 1 fully saturated rings. The van der Waals surface area contributed by atoms with E-state index in [1.807, 2.05) is 24.3 Å². The average Bonchev–Trinajstić information content (AvgIpc) is 3.08. The first-order valence-electron chi connectivity index (χ1n) is 8.16. The highest BCUT2D eigenvalue weighted by Crippen LogP contribution is 2.21. The predicted octanol–water partition coefficient (Wildman–Crippen LogP) is 2.17. The predicted molar refractivity (Wildman–Crippen MR) is 97.0 cm³/mol. The van der Waals surface area contributed by atoms with Crippen LogP contribution < -0.4 is 14.4 Å². The van der Waals surface area contributed by atoms with Crippen LogP contribution in [0.1, 0.15) is 5.56 Å². The highest BCUT2D eigenvalue weighted by atomic mass is 32.2. The normalized spacial score (nSPS) is 14.3. The number of methoxy groups -OCH3 is 1. The summed E-state index contributed by atoms with van der Waals surface area (Å²) in [5.74, 6) is 0.737. The Kier molecular flexibility index (Phi) is 5.43. The van der Waals surface area contributed by atoms with E-state index in [1.165, 1.54) is 17.0 Å². The van der Waals surface area contributed by atoms with E-state index in [0.29, 0.717) is 25.3 Å². The zero-order valence-corrected chi connectivity index (χ0v) is 15.2. The van der Waals surface area contributed by atoms with Gasteiger partial charge in [-0.3, -0.25) is 4.90 Å². The number of cyclic esters (lactones) is 1. The quantitative estimate of drug-likeness (QED) is 0.801. The SMILES string of the molecule is COc1cccc(CCNS(=O)(=O)c2ccc(N3CCOC3=O)cc2)c1. The topological polar surface area (TPSA) is 84.9 Å². The summed E-state index contributed by atoms with van der Waals surface area (Å²) >= 11 is 0. The molecule has 8 heteroatoms. The van der Waals surface area contributed by atoms with Crippen molar-refractivity contribution >= 4 is 21.8 Å². The average molecular weight is 376 g/mol. The molecule has 0 spiro atoms. The van der Waals surface area contributed by atoms with E-state index in [9.17, 15) is 13.2 Å². The Bertz CT molecular complexity index is 881. The summed E-state index contributed by atoms with van der Waals surface area (Å²) < 4.78 is 37.4. The number of rotatable bonds is 7. The van der Waals surface area contributed by atoms with E-state index >= 15 is 0 Å². The maximum atomic E-state index is 12.4. The first kappa shape index (κ1) is 18.2. The van der Waals surface area contributed by atoms with Gasteiger partial charge in [0, 0.05) is 12.2 Å². The van der Waals surface area contributed by atoms with Gasteiger partial charge in [0.15, 0.2) is 0 Å². The molecule has 0 radical (unpaired) electrons. The molecule has 3 rings (SSSR count). The number of hydrogen-bond donors (Lipinski definition) is 1. The van der Waals surface area contributed by atoms with Crippen molar-refractivity contribution in [3.8, 4) is 5.75 Å². The molecule has 138 valence electrons. The molecule has 2 aromatic rings. The van der Waals surface area contributed by atoms with Gasteiger partial charge in [-0.25, -0.2) is 17.9 Å². The lowest BCUT2D eigenvalue weighted by molar-refractivity contribution is 0.181. The summed E-state index contributed by atoms with van der Waals surface area (Å²) in [5, 5.41) is 0. The number of ether oxygens (including phenoxy) is 2. The second kappa shape index (κ2) is 7.76. The van der Waals surface area contributed by atoms with Gasteiger partial charge in [0.2, 0.25) is 10.0 Å². The molecule has 1 amide bonds. The number of anilines is 1. The zero-order chi connectivity index (χ0) is 18.6. The van der Waals surface area contributed by atoms with Crippen molar-refractivity contribution in [1.82, 2.24) is 4.72 Å². The van der Waals surface area contributed by atoms with Crippen LogP contribution in [0.4, 0.5) is 10.5 Å². The fraction of sp³-hybridized carbons (Fsp3) is 0.278. The van der Waals surface area contributed by atoms with E-state index in [4.69, 9.17) is 9.47 Å². The van der Waals surface area contributed by atoms with E-state index < -0.39 is 16.1 Å². The highest BCUT2D eigenvalue weighted by molar-refractivity contribution is 7.89. The number of benzene rings is 2. The van der Waals surface area contributed by atoms with Crippen molar-refractivity contribution in [1.29, 1.82) is 0 Å². The van der Waals surface area contributed by atoms with Gasteiger partial charge in [-0.15, -0.1) is 0 Å². The summed E-state index contributed by atoms with van der Waals surface area (Å²) in [6, 6.07) is 13.7. The van der Waals surface area contributed by atoms with Crippen molar-refractivity contribution in [2.75, 3.05) is 31.7 Å². The molecule has 7 nitrogen and oxygen atoms in total. The van der Waals surface area contributed by atoms with Crippen LogP contribution in [0.5, 0.6) is 5.75 Å². The molecule has 1 aliphatic heterocycles. The minimum absolute atomic E-state index is 0.152. The van der Waals surface area contributed by atoms with Gasteiger partial charge in [-0.2, -0.15) is 0 Å². The number of hydrogen-bond acceptors (Lipinski definition) is 5. The number of nitrogens with one attached hydrogen (secondary N) is 1. The number of carbonyl (C=O) groups excluding carboxylic acids is 1. The van der Waals surface area contributed by atoms with Crippen molar-refractivity contribution in [2.45, 2.75) is 11.3 Å². The molecule has 1 aliphatic rings. The van der Waals surface area contributed by atoms with Crippen LogP contribution in [0, 0.1) is 0 Å². The maximum Gasteiger partial charge on any atom is 0.414 e. The van der Waals surface area contributed by atoms with Gasteiger partial charge in [0.1, 0.15) is 12.4 Å². The summed E-state index contributed by atoms with van der Waals surface area (Å²) in [7, 11) is -2.03. The molecular weight excluding hydrogens is 356 g/mol.